The Bertz CT molecular complexity index is 642. The molecule has 0 aliphatic rings. The van der Waals surface area contributed by atoms with E-state index in [1.54, 1.807) is 0 Å². The summed E-state index contributed by atoms with van der Waals surface area (Å²) in [6.07, 6.45) is -4.64. The number of H-pyrrole nitrogens is 1. The Balaban J connectivity index is 2.83. The molecule has 0 bridgehead atoms. The molecule has 0 radical (unpaired) electrons. The first-order valence-electron chi connectivity index (χ1n) is 5.13. The summed E-state index contributed by atoms with van der Waals surface area (Å²) < 4.78 is 39.7. The lowest BCUT2D eigenvalue weighted by Crippen LogP contribution is -2.15. The van der Waals surface area contributed by atoms with Crippen LogP contribution >= 0.6 is 0 Å². The molecule has 0 saturated heterocycles. The van der Waals surface area contributed by atoms with Gasteiger partial charge in [-0.2, -0.15) is 13.2 Å². The van der Waals surface area contributed by atoms with Crippen LogP contribution in [0.25, 0.3) is 11.2 Å². The predicted molar refractivity (Wildman–Crippen MR) is 57.2 cm³/mol. The van der Waals surface area contributed by atoms with Crippen LogP contribution < -0.4 is 5.56 Å². The maximum absolute atomic E-state index is 12.8. The lowest BCUT2D eigenvalue weighted by molar-refractivity contribution is -0.136. The highest BCUT2D eigenvalue weighted by Crippen LogP contribution is 2.32. The Morgan fingerprint density at radius 1 is 1.50 bits per heavy atom. The molecular weight excluding hydrogens is 251 g/mol. The van der Waals surface area contributed by atoms with Gasteiger partial charge >= 0.3 is 6.18 Å². The Morgan fingerprint density at radius 3 is 2.72 bits per heavy atom. The maximum Gasteiger partial charge on any atom is 0.418 e. The second kappa shape index (κ2) is 4.13. The van der Waals surface area contributed by atoms with E-state index in [9.17, 15) is 18.0 Å². The molecule has 0 saturated carbocycles. The van der Waals surface area contributed by atoms with Crippen molar-refractivity contribution < 1.29 is 18.3 Å². The summed E-state index contributed by atoms with van der Waals surface area (Å²) in [6, 6.07) is 0.484. The van der Waals surface area contributed by atoms with E-state index in [2.05, 4.69) is 9.97 Å². The van der Waals surface area contributed by atoms with Crippen molar-refractivity contribution in [2.45, 2.75) is 19.6 Å². The third kappa shape index (κ3) is 1.99. The second-order valence-electron chi connectivity index (χ2n) is 3.78. The Morgan fingerprint density at radius 2 is 2.17 bits per heavy atom. The zero-order valence-corrected chi connectivity index (χ0v) is 9.38. The van der Waals surface area contributed by atoms with Crippen molar-refractivity contribution in [2.24, 2.45) is 0 Å². The van der Waals surface area contributed by atoms with Gasteiger partial charge in [0.05, 0.1) is 12.2 Å². The summed E-state index contributed by atoms with van der Waals surface area (Å²) in [7, 11) is 0. The summed E-state index contributed by atoms with van der Waals surface area (Å²) >= 11 is 0. The van der Waals surface area contributed by atoms with Crippen molar-refractivity contribution in [1.82, 2.24) is 14.5 Å². The van der Waals surface area contributed by atoms with E-state index in [-0.39, 0.29) is 24.3 Å². The zero-order valence-electron chi connectivity index (χ0n) is 9.38. The van der Waals surface area contributed by atoms with Crippen LogP contribution in [0.4, 0.5) is 13.2 Å². The van der Waals surface area contributed by atoms with Gasteiger partial charge in [-0.15, -0.1) is 0 Å². The first kappa shape index (κ1) is 12.6. The minimum atomic E-state index is -4.64. The van der Waals surface area contributed by atoms with Crippen LogP contribution in [0.5, 0.6) is 0 Å². The highest BCUT2D eigenvalue weighted by molar-refractivity contribution is 5.76. The number of aromatic amines is 1. The van der Waals surface area contributed by atoms with E-state index >= 15 is 0 Å². The van der Waals surface area contributed by atoms with Crippen LogP contribution in [-0.4, -0.2) is 26.2 Å². The number of pyridine rings is 1. The van der Waals surface area contributed by atoms with Crippen molar-refractivity contribution in [3.63, 3.8) is 0 Å². The molecule has 2 rings (SSSR count). The molecule has 5 nitrogen and oxygen atoms in total. The molecule has 0 unspecified atom stereocenters. The molecular formula is C10H10F3N3O2. The second-order valence-corrected chi connectivity index (χ2v) is 3.78. The number of hydrogen-bond acceptors (Lipinski definition) is 3. The summed E-state index contributed by atoms with van der Waals surface area (Å²) in [4.78, 5) is 17.4. The smallest absolute Gasteiger partial charge is 0.395 e. The Kier molecular flexibility index (Phi) is 2.89. The van der Waals surface area contributed by atoms with Crippen molar-refractivity contribution in [2.75, 3.05) is 6.61 Å². The van der Waals surface area contributed by atoms with Gasteiger partial charge in [0.15, 0.2) is 0 Å². The number of rotatable bonds is 2. The minimum absolute atomic E-state index is 0.0265. The Labute approximate surface area is 98.9 Å². The molecule has 2 aromatic heterocycles. The molecule has 0 aromatic carbocycles. The number of aryl methyl sites for hydroxylation is 1. The van der Waals surface area contributed by atoms with Gasteiger partial charge in [-0.05, 0) is 6.92 Å². The van der Waals surface area contributed by atoms with Crippen LogP contribution in [0.1, 0.15) is 11.4 Å². The fourth-order valence-electron chi connectivity index (χ4n) is 1.82. The molecule has 98 valence electrons. The first-order valence-corrected chi connectivity index (χ1v) is 5.13. The van der Waals surface area contributed by atoms with Gasteiger partial charge in [0.25, 0.3) is 0 Å². The maximum atomic E-state index is 12.8. The zero-order chi connectivity index (χ0) is 13.5. The third-order valence-electron chi connectivity index (χ3n) is 2.56. The molecule has 8 heteroatoms. The normalized spacial score (nSPS) is 12.3. The number of aliphatic hydroxyl groups is 1. The van der Waals surface area contributed by atoms with Gasteiger partial charge < -0.3 is 14.7 Å². The van der Waals surface area contributed by atoms with E-state index in [0.717, 1.165) is 0 Å². The molecule has 2 heterocycles. The van der Waals surface area contributed by atoms with Crippen molar-refractivity contribution in [3.05, 3.63) is 27.8 Å². The van der Waals surface area contributed by atoms with E-state index in [4.69, 9.17) is 5.11 Å². The number of aliphatic hydroxyl groups excluding tert-OH is 1. The van der Waals surface area contributed by atoms with Gasteiger partial charge in [0.1, 0.15) is 17.0 Å². The average molecular weight is 261 g/mol. The third-order valence-corrected chi connectivity index (χ3v) is 2.56. The fourth-order valence-corrected chi connectivity index (χ4v) is 1.82. The van der Waals surface area contributed by atoms with Crippen molar-refractivity contribution in [1.29, 1.82) is 0 Å². The molecule has 0 aliphatic carbocycles. The van der Waals surface area contributed by atoms with Crippen LogP contribution in [0.2, 0.25) is 0 Å². The lowest BCUT2D eigenvalue weighted by atomic mass is 10.2. The monoisotopic (exact) mass is 261 g/mol. The first-order chi connectivity index (χ1) is 8.34. The largest absolute Gasteiger partial charge is 0.418 e. The van der Waals surface area contributed by atoms with Crippen LogP contribution in [0.15, 0.2) is 10.9 Å². The molecule has 2 aromatic rings. The molecule has 0 aliphatic heterocycles. The van der Waals surface area contributed by atoms with Crippen molar-refractivity contribution in [3.8, 4) is 0 Å². The molecule has 2 N–H and O–H groups in total. The topological polar surface area (TPSA) is 70.9 Å². The molecule has 0 atom stereocenters. The highest BCUT2D eigenvalue weighted by atomic mass is 19.4. The predicted octanol–water partition coefficient (Wildman–Crippen LogP) is 1.04. The molecule has 18 heavy (non-hydrogen) atoms. The Hall–Kier alpha value is -1.83. The summed E-state index contributed by atoms with van der Waals surface area (Å²) in [5, 5.41) is 8.86. The van der Waals surface area contributed by atoms with Gasteiger partial charge in [-0.1, -0.05) is 0 Å². The number of hydrogen-bond donors (Lipinski definition) is 2. The number of alkyl halides is 3. The molecule has 0 spiro atoms. The standard InChI is InChI=1S/C10H10F3N3O2/c1-5-14-8-6(10(11,12)13)4-7(18)15-9(8)16(5)2-3-17/h4,17H,2-3H2,1H3,(H,15,18). The molecule has 0 fully saturated rings. The van der Waals surface area contributed by atoms with Gasteiger partial charge in [0, 0.05) is 12.6 Å². The van der Waals surface area contributed by atoms with E-state index in [0.29, 0.717) is 11.9 Å². The summed E-state index contributed by atoms with van der Waals surface area (Å²) in [5.41, 5.74) is -2.26. The summed E-state index contributed by atoms with van der Waals surface area (Å²) in [6.45, 7) is 1.32. The van der Waals surface area contributed by atoms with Crippen LogP contribution in [0.3, 0.4) is 0 Å². The number of halogens is 3. The highest BCUT2D eigenvalue weighted by Gasteiger charge is 2.35. The van der Waals surface area contributed by atoms with Crippen molar-refractivity contribution >= 4 is 11.2 Å². The van der Waals surface area contributed by atoms with Gasteiger partial charge in [0.2, 0.25) is 5.56 Å². The van der Waals surface area contributed by atoms with E-state index in [1.807, 2.05) is 0 Å². The number of aromatic nitrogens is 3. The fraction of sp³-hybridized carbons (Fsp3) is 0.400. The number of fused-ring (bicyclic) bond motifs is 1. The molecule has 0 amide bonds. The lowest BCUT2D eigenvalue weighted by Gasteiger charge is -2.07. The number of nitrogens with zero attached hydrogens (tertiary/aromatic N) is 2. The van der Waals surface area contributed by atoms with E-state index < -0.39 is 17.3 Å². The summed E-state index contributed by atoms with van der Waals surface area (Å²) in [5.74, 6) is 0.298. The SMILES string of the molecule is Cc1nc2c(C(F)(F)F)cc(=O)[nH]c2n1CCO. The number of imidazole rings is 1. The van der Waals surface area contributed by atoms with Gasteiger partial charge in [-0.3, -0.25) is 4.79 Å². The van der Waals surface area contributed by atoms with E-state index in [1.165, 1.54) is 11.5 Å². The quantitative estimate of drug-likeness (QED) is 0.848. The minimum Gasteiger partial charge on any atom is -0.395 e. The van der Waals surface area contributed by atoms with Crippen LogP contribution in [-0.2, 0) is 12.7 Å². The average Bonchev–Trinajstić information content (AvgIpc) is 2.54. The number of nitrogens with one attached hydrogen (secondary N) is 1. The van der Waals surface area contributed by atoms with Crippen LogP contribution in [0, 0.1) is 6.92 Å². The van der Waals surface area contributed by atoms with Gasteiger partial charge in [-0.25, -0.2) is 4.98 Å².